The van der Waals surface area contributed by atoms with E-state index in [0.29, 0.717) is 18.2 Å². The number of rotatable bonds is 1. The van der Waals surface area contributed by atoms with Crippen LogP contribution in [0.3, 0.4) is 0 Å². The van der Waals surface area contributed by atoms with Crippen molar-refractivity contribution in [1.82, 2.24) is 9.97 Å². The van der Waals surface area contributed by atoms with Gasteiger partial charge in [0.05, 0.1) is 24.2 Å². The molecular formula is C15H11ClN2O. The van der Waals surface area contributed by atoms with Crippen molar-refractivity contribution in [2.75, 3.05) is 0 Å². The Morgan fingerprint density at radius 2 is 1.95 bits per heavy atom. The minimum atomic E-state index is 0.690. The summed E-state index contributed by atoms with van der Waals surface area (Å²) < 4.78 is 5.43. The van der Waals surface area contributed by atoms with E-state index in [2.05, 4.69) is 28.2 Å². The summed E-state index contributed by atoms with van der Waals surface area (Å²) in [7, 11) is 0. The zero-order valence-electron chi connectivity index (χ0n) is 10.1. The second-order valence-corrected chi connectivity index (χ2v) is 5.16. The lowest BCUT2D eigenvalue weighted by molar-refractivity contribution is 0.134. The summed E-state index contributed by atoms with van der Waals surface area (Å²) in [5.41, 5.74) is 5.48. The van der Waals surface area contributed by atoms with Crippen molar-refractivity contribution in [3.63, 3.8) is 0 Å². The number of fused-ring (bicyclic) bond motifs is 2. The molecule has 0 spiro atoms. The lowest BCUT2D eigenvalue weighted by atomic mass is 10.1. The normalized spacial score (nSPS) is 13.9. The fourth-order valence-corrected chi connectivity index (χ4v) is 2.61. The Bertz CT molecular complexity index is 779. The summed E-state index contributed by atoms with van der Waals surface area (Å²) in [6, 6.07) is 12.0. The van der Waals surface area contributed by atoms with Crippen molar-refractivity contribution < 1.29 is 4.74 Å². The van der Waals surface area contributed by atoms with Gasteiger partial charge in [0.25, 0.3) is 0 Å². The highest BCUT2D eigenvalue weighted by Crippen LogP contribution is 2.27. The summed E-state index contributed by atoms with van der Waals surface area (Å²) in [6.45, 7) is 1.40. The molecule has 1 aliphatic rings. The number of halogens is 1. The van der Waals surface area contributed by atoms with E-state index < -0.39 is 0 Å². The third-order valence-corrected chi connectivity index (χ3v) is 3.67. The van der Waals surface area contributed by atoms with Gasteiger partial charge in [-0.15, -0.1) is 0 Å². The highest BCUT2D eigenvalue weighted by atomic mass is 35.5. The van der Waals surface area contributed by atoms with Gasteiger partial charge in [-0.25, -0.2) is 4.98 Å². The van der Waals surface area contributed by atoms with Crippen molar-refractivity contribution in [3.05, 3.63) is 52.5 Å². The standard InChI is InChI=1S/C15H11ClN2O/c16-12-3-4-13-14(6-12)18-15(17-13)9-1-2-10-7-19-8-11(10)5-9/h1-6H,7-8H2,(H,17,18). The maximum absolute atomic E-state index is 5.99. The molecule has 1 aliphatic heterocycles. The third-order valence-electron chi connectivity index (χ3n) is 3.44. The molecule has 0 radical (unpaired) electrons. The Hall–Kier alpha value is -1.84. The summed E-state index contributed by atoms with van der Waals surface area (Å²) in [4.78, 5) is 7.90. The summed E-state index contributed by atoms with van der Waals surface area (Å²) in [6.07, 6.45) is 0. The molecule has 3 aromatic rings. The molecule has 0 bridgehead atoms. The number of ether oxygens (including phenoxy) is 1. The number of hydrogen-bond donors (Lipinski definition) is 1. The van der Waals surface area contributed by atoms with Gasteiger partial charge in [0, 0.05) is 10.6 Å². The number of H-pyrrole nitrogens is 1. The topological polar surface area (TPSA) is 37.9 Å². The first-order valence-electron chi connectivity index (χ1n) is 6.15. The van der Waals surface area contributed by atoms with E-state index in [1.54, 1.807) is 0 Å². The zero-order chi connectivity index (χ0) is 12.8. The van der Waals surface area contributed by atoms with Gasteiger partial charge in [-0.1, -0.05) is 23.7 Å². The van der Waals surface area contributed by atoms with Crippen LogP contribution in [0.15, 0.2) is 36.4 Å². The average Bonchev–Trinajstić information content (AvgIpc) is 3.02. The molecule has 19 heavy (non-hydrogen) atoms. The Labute approximate surface area is 115 Å². The molecule has 0 atom stereocenters. The van der Waals surface area contributed by atoms with Crippen LogP contribution in [0.4, 0.5) is 0 Å². The van der Waals surface area contributed by atoms with E-state index in [9.17, 15) is 0 Å². The number of hydrogen-bond acceptors (Lipinski definition) is 2. The minimum absolute atomic E-state index is 0.690. The molecule has 1 aromatic heterocycles. The Morgan fingerprint density at radius 1 is 1.05 bits per heavy atom. The summed E-state index contributed by atoms with van der Waals surface area (Å²) >= 11 is 5.99. The predicted molar refractivity (Wildman–Crippen MR) is 75.0 cm³/mol. The monoisotopic (exact) mass is 270 g/mol. The number of imidazole rings is 1. The molecule has 3 nitrogen and oxygen atoms in total. The molecule has 0 unspecified atom stereocenters. The largest absolute Gasteiger partial charge is 0.372 e. The number of nitrogens with one attached hydrogen (secondary N) is 1. The molecule has 94 valence electrons. The average molecular weight is 271 g/mol. The number of aromatic nitrogens is 2. The van der Waals surface area contributed by atoms with Crippen molar-refractivity contribution in [1.29, 1.82) is 0 Å². The molecule has 4 heteroatoms. The van der Waals surface area contributed by atoms with Crippen molar-refractivity contribution in [3.8, 4) is 11.4 Å². The van der Waals surface area contributed by atoms with Crippen LogP contribution in [-0.4, -0.2) is 9.97 Å². The van der Waals surface area contributed by atoms with Gasteiger partial charge in [0.15, 0.2) is 0 Å². The molecule has 2 heterocycles. The first kappa shape index (κ1) is 11.0. The van der Waals surface area contributed by atoms with Crippen LogP contribution in [0.5, 0.6) is 0 Å². The van der Waals surface area contributed by atoms with Crippen LogP contribution in [0.25, 0.3) is 22.4 Å². The second kappa shape index (κ2) is 4.08. The van der Waals surface area contributed by atoms with Crippen LogP contribution in [0.1, 0.15) is 11.1 Å². The van der Waals surface area contributed by atoms with Crippen LogP contribution < -0.4 is 0 Å². The number of benzene rings is 2. The summed E-state index contributed by atoms with van der Waals surface area (Å²) in [5, 5.41) is 0.713. The first-order valence-corrected chi connectivity index (χ1v) is 6.52. The Kier molecular flexibility index (Phi) is 2.37. The maximum Gasteiger partial charge on any atom is 0.138 e. The quantitative estimate of drug-likeness (QED) is 0.728. The minimum Gasteiger partial charge on any atom is -0.372 e. The molecule has 0 saturated heterocycles. The van der Waals surface area contributed by atoms with E-state index in [-0.39, 0.29) is 0 Å². The Morgan fingerprint density at radius 3 is 2.89 bits per heavy atom. The Balaban J connectivity index is 1.85. The van der Waals surface area contributed by atoms with Gasteiger partial charge in [-0.3, -0.25) is 0 Å². The maximum atomic E-state index is 5.99. The first-order chi connectivity index (χ1) is 9.29. The van der Waals surface area contributed by atoms with Gasteiger partial charge in [-0.2, -0.15) is 0 Å². The van der Waals surface area contributed by atoms with Crippen molar-refractivity contribution in [2.45, 2.75) is 13.2 Å². The van der Waals surface area contributed by atoms with E-state index >= 15 is 0 Å². The van der Waals surface area contributed by atoms with Gasteiger partial charge >= 0.3 is 0 Å². The fourth-order valence-electron chi connectivity index (χ4n) is 2.44. The molecule has 0 saturated carbocycles. The smallest absolute Gasteiger partial charge is 0.138 e. The zero-order valence-corrected chi connectivity index (χ0v) is 10.9. The van der Waals surface area contributed by atoms with Gasteiger partial charge in [0.2, 0.25) is 0 Å². The molecule has 4 rings (SSSR count). The van der Waals surface area contributed by atoms with Gasteiger partial charge in [-0.05, 0) is 35.4 Å². The second-order valence-electron chi connectivity index (χ2n) is 4.72. The fraction of sp³-hybridized carbons (Fsp3) is 0.133. The van der Waals surface area contributed by atoms with Crippen LogP contribution in [-0.2, 0) is 18.0 Å². The molecule has 0 fully saturated rings. The highest BCUT2D eigenvalue weighted by Gasteiger charge is 2.13. The molecule has 0 aliphatic carbocycles. The van der Waals surface area contributed by atoms with Gasteiger partial charge < -0.3 is 9.72 Å². The van der Waals surface area contributed by atoms with E-state index in [1.165, 1.54) is 11.1 Å². The molecule has 2 aromatic carbocycles. The van der Waals surface area contributed by atoms with Crippen LogP contribution in [0.2, 0.25) is 5.02 Å². The van der Waals surface area contributed by atoms with Crippen molar-refractivity contribution >= 4 is 22.6 Å². The van der Waals surface area contributed by atoms with E-state index in [1.807, 2.05) is 18.2 Å². The SMILES string of the molecule is Clc1ccc2nc(-c3ccc4c(c3)COC4)[nH]c2c1. The third kappa shape index (κ3) is 1.82. The summed E-state index contributed by atoms with van der Waals surface area (Å²) in [5.74, 6) is 0.868. The van der Waals surface area contributed by atoms with Crippen LogP contribution >= 0.6 is 11.6 Å². The van der Waals surface area contributed by atoms with Crippen LogP contribution in [0, 0.1) is 0 Å². The lowest BCUT2D eigenvalue weighted by Gasteiger charge is -2.00. The number of aromatic amines is 1. The van der Waals surface area contributed by atoms with E-state index in [4.69, 9.17) is 16.3 Å². The van der Waals surface area contributed by atoms with Crippen molar-refractivity contribution in [2.24, 2.45) is 0 Å². The molecule has 1 N–H and O–H groups in total. The molecule has 0 amide bonds. The molecular weight excluding hydrogens is 260 g/mol. The number of nitrogens with zero attached hydrogens (tertiary/aromatic N) is 1. The lowest BCUT2D eigenvalue weighted by Crippen LogP contribution is -1.85. The van der Waals surface area contributed by atoms with E-state index in [0.717, 1.165) is 22.4 Å². The van der Waals surface area contributed by atoms with Gasteiger partial charge in [0.1, 0.15) is 5.82 Å². The predicted octanol–water partition coefficient (Wildman–Crippen LogP) is 3.91. The highest BCUT2D eigenvalue weighted by molar-refractivity contribution is 6.31.